The molecule has 4 nitrogen and oxygen atoms in total. The molecule has 0 spiro atoms. The second-order valence-electron chi connectivity index (χ2n) is 5.79. The second kappa shape index (κ2) is 6.98. The maximum Gasteiger partial charge on any atom is 0.239 e. The normalized spacial score (nSPS) is 18.4. The van der Waals surface area contributed by atoms with Gasteiger partial charge in [-0.3, -0.25) is 9.59 Å². The first-order chi connectivity index (χ1) is 9.97. The summed E-state index contributed by atoms with van der Waals surface area (Å²) in [5.41, 5.74) is 2.27. The predicted octanol–water partition coefficient (Wildman–Crippen LogP) is 2.34. The average molecular weight is 306 g/mol. The molecule has 2 amide bonds. The fourth-order valence-electron chi connectivity index (χ4n) is 2.16. The fraction of sp³-hybridized carbons (Fsp3) is 0.500. The highest BCUT2D eigenvalue weighted by Crippen LogP contribution is 2.38. The summed E-state index contributed by atoms with van der Waals surface area (Å²) < 4.78 is 0. The number of hydrogen-bond acceptors (Lipinski definition) is 3. The first kappa shape index (κ1) is 15.9. The molecule has 114 valence electrons. The van der Waals surface area contributed by atoms with Crippen molar-refractivity contribution in [3.8, 4) is 0 Å². The summed E-state index contributed by atoms with van der Waals surface area (Å²) in [5, 5.41) is 2.82. The Hall–Kier alpha value is -1.49. The van der Waals surface area contributed by atoms with Crippen LogP contribution < -0.4 is 5.32 Å². The summed E-state index contributed by atoms with van der Waals surface area (Å²) in [5.74, 6) is 0.795. The Labute approximate surface area is 130 Å². The van der Waals surface area contributed by atoms with Crippen molar-refractivity contribution in [3.05, 3.63) is 35.4 Å². The van der Waals surface area contributed by atoms with Gasteiger partial charge in [-0.2, -0.15) is 0 Å². The fourth-order valence-corrected chi connectivity index (χ4v) is 3.35. The van der Waals surface area contributed by atoms with Crippen molar-refractivity contribution in [1.29, 1.82) is 0 Å². The van der Waals surface area contributed by atoms with Crippen molar-refractivity contribution < 1.29 is 9.59 Å². The van der Waals surface area contributed by atoms with Gasteiger partial charge < -0.3 is 10.2 Å². The lowest BCUT2D eigenvalue weighted by Gasteiger charge is -2.24. The number of amides is 2. The van der Waals surface area contributed by atoms with Crippen molar-refractivity contribution in [2.75, 3.05) is 18.8 Å². The number of hydrogen-bond donors (Lipinski definition) is 1. The number of rotatable bonds is 5. The van der Waals surface area contributed by atoms with E-state index < -0.39 is 0 Å². The quantitative estimate of drug-likeness (QED) is 0.908. The summed E-state index contributed by atoms with van der Waals surface area (Å²) >= 11 is 1.58. The minimum atomic E-state index is -0.0864. The summed E-state index contributed by atoms with van der Waals surface area (Å²) in [6, 6.07) is 8.14. The number of thioether (sulfide) groups is 1. The number of nitrogens with zero attached hydrogens (tertiary/aromatic N) is 1. The SMILES string of the molecule is Cc1ccc([C@@H]2SCC(=O)N2CC(=O)NCC(C)C)cc1. The molecule has 5 heteroatoms. The number of benzene rings is 1. The van der Waals surface area contributed by atoms with Gasteiger partial charge in [-0.25, -0.2) is 0 Å². The van der Waals surface area contributed by atoms with Gasteiger partial charge >= 0.3 is 0 Å². The monoisotopic (exact) mass is 306 g/mol. The molecule has 1 N–H and O–H groups in total. The van der Waals surface area contributed by atoms with Crippen LogP contribution in [0.2, 0.25) is 0 Å². The van der Waals surface area contributed by atoms with Crippen LogP contribution in [0.1, 0.15) is 30.3 Å². The smallest absolute Gasteiger partial charge is 0.239 e. The Bertz CT molecular complexity index is 514. The zero-order valence-electron chi connectivity index (χ0n) is 12.8. The Balaban J connectivity index is 2.03. The first-order valence-electron chi connectivity index (χ1n) is 7.21. The lowest BCUT2D eigenvalue weighted by atomic mass is 10.1. The molecule has 0 saturated carbocycles. The molecule has 0 aliphatic carbocycles. The lowest BCUT2D eigenvalue weighted by molar-refractivity contribution is -0.133. The van der Waals surface area contributed by atoms with E-state index in [2.05, 4.69) is 5.32 Å². The molecule has 1 aliphatic rings. The lowest BCUT2D eigenvalue weighted by Crippen LogP contribution is -2.40. The van der Waals surface area contributed by atoms with Gasteiger partial charge in [-0.15, -0.1) is 11.8 Å². The van der Waals surface area contributed by atoms with E-state index in [1.165, 1.54) is 5.56 Å². The van der Waals surface area contributed by atoms with Gasteiger partial charge in [0.1, 0.15) is 11.9 Å². The van der Waals surface area contributed by atoms with Crippen molar-refractivity contribution in [2.24, 2.45) is 5.92 Å². The molecule has 2 rings (SSSR count). The molecule has 1 aliphatic heterocycles. The topological polar surface area (TPSA) is 49.4 Å². The van der Waals surface area contributed by atoms with E-state index in [-0.39, 0.29) is 23.7 Å². The number of carbonyl (C=O) groups excluding carboxylic acids is 2. The summed E-state index contributed by atoms with van der Waals surface area (Å²) in [7, 11) is 0. The van der Waals surface area contributed by atoms with E-state index in [4.69, 9.17) is 0 Å². The highest BCUT2D eigenvalue weighted by molar-refractivity contribution is 8.00. The van der Waals surface area contributed by atoms with Gasteiger partial charge in [0.05, 0.1) is 5.75 Å². The first-order valence-corrected chi connectivity index (χ1v) is 8.26. The zero-order chi connectivity index (χ0) is 15.4. The van der Waals surface area contributed by atoms with Crippen LogP contribution in [0.15, 0.2) is 24.3 Å². The van der Waals surface area contributed by atoms with Gasteiger partial charge in [0.15, 0.2) is 0 Å². The molecule has 1 aromatic rings. The van der Waals surface area contributed by atoms with Crippen LogP contribution in [-0.4, -0.2) is 35.6 Å². The van der Waals surface area contributed by atoms with E-state index in [0.29, 0.717) is 18.2 Å². The van der Waals surface area contributed by atoms with E-state index in [9.17, 15) is 9.59 Å². The number of carbonyl (C=O) groups is 2. The molecule has 0 unspecified atom stereocenters. The largest absolute Gasteiger partial charge is 0.354 e. The minimum Gasteiger partial charge on any atom is -0.354 e. The Morgan fingerprint density at radius 1 is 1.38 bits per heavy atom. The second-order valence-corrected chi connectivity index (χ2v) is 6.86. The Morgan fingerprint density at radius 2 is 2.05 bits per heavy atom. The van der Waals surface area contributed by atoms with Crippen LogP contribution in [0, 0.1) is 12.8 Å². The molecule has 1 atom stereocenters. The molecular weight excluding hydrogens is 284 g/mol. The van der Waals surface area contributed by atoms with Gasteiger partial charge in [0.25, 0.3) is 0 Å². The number of aryl methyl sites for hydroxylation is 1. The maximum absolute atomic E-state index is 12.0. The molecule has 1 heterocycles. The van der Waals surface area contributed by atoms with Gasteiger partial charge in [0, 0.05) is 6.54 Å². The number of nitrogens with one attached hydrogen (secondary N) is 1. The van der Waals surface area contributed by atoms with Crippen molar-refractivity contribution >= 4 is 23.6 Å². The van der Waals surface area contributed by atoms with E-state index in [1.54, 1.807) is 16.7 Å². The van der Waals surface area contributed by atoms with Crippen molar-refractivity contribution in [2.45, 2.75) is 26.1 Å². The average Bonchev–Trinajstić information content (AvgIpc) is 2.79. The Morgan fingerprint density at radius 3 is 2.67 bits per heavy atom. The standard InChI is InChI=1S/C16H22N2O2S/c1-11(2)8-17-14(19)9-18-15(20)10-21-16(18)13-6-4-12(3)5-7-13/h4-7,11,16H,8-10H2,1-3H3,(H,17,19)/t16-/m0/s1. The summed E-state index contributed by atoms with van der Waals surface area (Å²) in [6.07, 6.45) is 0. The van der Waals surface area contributed by atoms with Crippen LogP contribution in [0.25, 0.3) is 0 Å². The molecular formula is C16H22N2O2S. The highest BCUT2D eigenvalue weighted by Gasteiger charge is 2.33. The molecule has 0 bridgehead atoms. The molecule has 21 heavy (non-hydrogen) atoms. The third-order valence-electron chi connectivity index (χ3n) is 3.35. The molecule has 0 radical (unpaired) electrons. The molecule has 1 fully saturated rings. The predicted molar refractivity (Wildman–Crippen MR) is 85.9 cm³/mol. The highest BCUT2D eigenvalue weighted by atomic mass is 32.2. The van der Waals surface area contributed by atoms with E-state index in [0.717, 1.165) is 5.56 Å². The Kier molecular flexibility index (Phi) is 5.28. The van der Waals surface area contributed by atoms with E-state index in [1.807, 2.05) is 45.0 Å². The van der Waals surface area contributed by atoms with Crippen LogP contribution in [-0.2, 0) is 9.59 Å². The maximum atomic E-state index is 12.0. The minimum absolute atomic E-state index is 0.0327. The summed E-state index contributed by atoms with van der Waals surface area (Å²) in [4.78, 5) is 25.7. The van der Waals surface area contributed by atoms with Crippen LogP contribution >= 0.6 is 11.8 Å². The van der Waals surface area contributed by atoms with Gasteiger partial charge in [0.2, 0.25) is 11.8 Å². The zero-order valence-corrected chi connectivity index (χ0v) is 13.6. The third-order valence-corrected chi connectivity index (χ3v) is 4.61. The van der Waals surface area contributed by atoms with Gasteiger partial charge in [-0.1, -0.05) is 43.7 Å². The third kappa shape index (κ3) is 4.24. The van der Waals surface area contributed by atoms with Crippen LogP contribution in [0.3, 0.4) is 0 Å². The molecule has 0 aromatic heterocycles. The molecule has 1 saturated heterocycles. The van der Waals surface area contributed by atoms with Gasteiger partial charge in [-0.05, 0) is 18.4 Å². The summed E-state index contributed by atoms with van der Waals surface area (Å²) in [6.45, 7) is 6.91. The van der Waals surface area contributed by atoms with E-state index >= 15 is 0 Å². The van der Waals surface area contributed by atoms with Crippen molar-refractivity contribution in [1.82, 2.24) is 10.2 Å². The van der Waals surface area contributed by atoms with Crippen molar-refractivity contribution in [3.63, 3.8) is 0 Å². The van der Waals surface area contributed by atoms with Crippen LogP contribution in [0.5, 0.6) is 0 Å². The molecule has 1 aromatic carbocycles. The van der Waals surface area contributed by atoms with Crippen LogP contribution in [0.4, 0.5) is 0 Å².